The van der Waals surface area contributed by atoms with Crippen LogP contribution in [0.2, 0.25) is 0 Å². The number of likely N-dealkylation sites (N-methyl/N-ethyl adjacent to an activating group) is 1. The zero-order valence-electron chi connectivity index (χ0n) is 10.5. The molecule has 0 aliphatic heterocycles. The van der Waals surface area contributed by atoms with E-state index in [-0.39, 0.29) is 25.0 Å². The lowest BCUT2D eigenvalue weighted by molar-refractivity contribution is 0.0887. The summed E-state index contributed by atoms with van der Waals surface area (Å²) in [6, 6.07) is 7.12. The van der Waals surface area contributed by atoms with E-state index in [2.05, 4.69) is 0 Å². The van der Waals surface area contributed by atoms with E-state index in [4.69, 9.17) is 9.84 Å². The third-order valence-electron chi connectivity index (χ3n) is 2.82. The Morgan fingerprint density at radius 3 is 2.71 bits per heavy atom. The van der Waals surface area contributed by atoms with Gasteiger partial charge < -0.3 is 9.84 Å². The van der Waals surface area contributed by atoms with Crippen molar-refractivity contribution in [3.05, 3.63) is 29.8 Å². The summed E-state index contributed by atoms with van der Waals surface area (Å²) in [5.74, 6) is 0.577. The van der Waals surface area contributed by atoms with E-state index in [0.29, 0.717) is 11.3 Å². The molecule has 0 amide bonds. The molecular formula is C13H19NO3. The summed E-state index contributed by atoms with van der Waals surface area (Å²) in [7, 11) is 3.36. The first-order valence-electron chi connectivity index (χ1n) is 5.57. The number of rotatable bonds is 6. The summed E-state index contributed by atoms with van der Waals surface area (Å²) in [4.78, 5) is 13.9. The second-order valence-corrected chi connectivity index (χ2v) is 4.07. The van der Waals surface area contributed by atoms with E-state index in [0.717, 1.165) is 0 Å². The van der Waals surface area contributed by atoms with Crippen molar-refractivity contribution in [2.24, 2.45) is 0 Å². The highest BCUT2D eigenvalue weighted by atomic mass is 16.5. The maximum Gasteiger partial charge on any atom is 0.180 e. The molecule has 1 aromatic carbocycles. The predicted octanol–water partition coefficient (Wildman–Crippen LogP) is 1.19. The molecular weight excluding hydrogens is 218 g/mol. The third-order valence-corrected chi connectivity index (χ3v) is 2.82. The van der Waals surface area contributed by atoms with E-state index in [9.17, 15) is 4.79 Å². The molecule has 1 atom stereocenters. The van der Waals surface area contributed by atoms with Crippen molar-refractivity contribution in [1.82, 2.24) is 4.90 Å². The Hall–Kier alpha value is -1.39. The summed E-state index contributed by atoms with van der Waals surface area (Å²) in [6.07, 6.45) is 0. The SMILES string of the molecule is COc1ccccc1C(=O)CN(C)C(C)CO. The Balaban J connectivity index is 2.76. The molecule has 0 radical (unpaired) electrons. The van der Waals surface area contributed by atoms with E-state index in [1.165, 1.54) is 0 Å². The first-order chi connectivity index (χ1) is 8.10. The van der Waals surface area contributed by atoms with Crippen LogP contribution in [0.25, 0.3) is 0 Å². The number of carbonyl (C=O) groups is 1. The highest BCUT2D eigenvalue weighted by Crippen LogP contribution is 2.18. The number of carbonyl (C=O) groups excluding carboxylic acids is 1. The van der Waals surface area contributed by atoms with Crippen LogP contribution in [0.4, 0.5) is 0 Å². The molecule has 17 heavy (non-hydrogen) atoms. The average molecular weight is 237 g/mol. The minimum Gasteiger partial charge on any atom is -0.496 e. The second kappa shape index (κ2) is 6.37. The Morgan fingerprint density at radius 2 is 2.12 bits per heavy atom. The molecule has 0 spiro atoms. The zero-order chi connectivity index (χ0) is 12.8. The van der Waals surface area contributed by atoms with Crippen molar-refractivity contribution < 1.29 is 14.6 Å². The molecule has 0 aromatic heterocycles. The van der Waals surface area contributed by atoms with Gasteiger partial charge in [-0.25, -0.2) is 0 Å². The van der Waals surface area contributed by atoms with Crippen LogP contribution in [0, 0.1) is 0 Å². The van der Waals surface area contributed by atoms with Gasteiger partial charge in [0.15, 0.2) is 5.78 Å². The van der Waals surface area contributed by atoms with Crippen LogP contribution >= 0.6 is 0 Å². The maximum atomic E-state index is 12.1. The average Bonchev–Trinajstić information content (AvgIpc) is 2.37. The van der Waals surface area contributed by atoms with E-state index >= 15 is 0 Å². The molecule has 1 N–H and O–H groups in total. The normalized spacial score (nSPS) is 12.5. The first kappa shape index (κ1) is 13.7. The lowest BCUT2D eigenvalue weighted by Crippen LogP contribution is -2.36. The van der Waals surface area contributed by atoms with Gasteiger partial charge in [-0.2, -0.15) is 0 Å². The number of Topliss-reactive ketones (excluding diaryl/α,β-unsaturated/α-hetero) is 1. The third kappa shape index (κ3) is 3.54. The van der Waals surface area contributed by atoms with Gasteiger partial charge in [-0.05, 0) is 26.1 Å². The van der Waals surface area contributed by atoms with Gasteiger partial charge in [-0.15, -0.1) is 0 Å². The van der Waals surface area contributed by atoms with Crippen LogP contribution in [0.3, 0.4) is 0 Å². The zero-order valence-corrected chi connectivity index (χ0v) is 10.5. The molecule has 94 valence electrons. The fourth-order valence-corrected chi connectivity index (χ4v) is 1.48. The first-order valence-corrected chi connectivity index (χ1v) is 5.57. The standard InChI is InChI=1S/C13H19NO3/c1-10(9-15)14(2)8-12(16)11-6-4-5-7-13(11)17-3/h4-7,10,15H,8-9H2,1-3H3. The fourth-order valence-electron chi connectivity index (χ4n) is 1.48. The molecule has 1 rings (SSSR count). The van der Waals surface area contributed by atoms with Crippen LogP contribution < -0.4 is 4.74 Å². The molecule has 0 aliphatic carbocycles. The topological polar surface area (TPSA) is 49.8 Å². The lowest BCUT2D eigenvalue weighted by atomic mass is 10.1. The number of hydrogen-bond acceptors (Lipinski definition) is 4. The molecule has 0 saturated heterocycles. The second-order valence-electron chi connectivity index (χ2n) is 4.07. The van der Waals surface area contributed by atoms with Gasteiger partial charge in [-0.1, -0.05) is 12.1 Å². The highest BCUT2D eigenvalue weighted by molar-refractivity contribution is 6.00. The van der Waals surface area contributed by atoms with Gasteiger partial charge in [-0.3, -0.25) is 9.69 Å². The highest BCUT2D eigenvalue weighted by Gasteiger charge is 2.16. The lowest BCUT2D eigenvalue weighted by Gasteiger charge is -2.22. The minimum absolute atomic E-state index is 0.00903. The van der Waals surface area contributed by atoms with Crippen molar-refractivity contribution in [1.29, 1.82) is 0 Å². The molecule has 0 heterocycles. The maximum absolute atomic E-state index is 12.1. The largest absolute Gasteiger partial charge is 0.496 e. The number of ketones is 1. The Bertz CT molecular complexity index is 379. The number of ether oxygens (including phenoxy) is 1. The summed E-state index contributed by atoms with van der Waals surface area (Å²) >= 11 is 0. The summed E-state index contributed by atoms with van der Waals surface area (Å²) in [6.45, 7) is 2.17. The Labute approximate surface area is 102 Å². The van der Waals surface area contributed by atoms with Gasteiger partial charge in [0, 0.05) is 6.04 Å². The smallest absolute Gasteiger partial charge is 0.180 e. The number of aliphatic hydroxyl groups is 1. The number of hydrogen-bond donors (Lipinski definition) is 1. The van der Waals surface area contributed by atoms with E-state index < -0.39 is 0 Å². The van der Waals surface area contributed by atoms with Crippen molar-refractivity contribution in [2.45, 2.75) is 13.0 Å². The van der Waals surface area contributed by atoms with Gasteiger partial charge in [0.05, 0.1) is 25.8 Å². The van der Waals surface area contributed by atoms with Gasteiger partial charge >= 0.3 is 0 Å². The molecule has 1 unspecified atom stereocenters. The van der Waals surface area contributed by atoms with Gasteiger partial charge in [0.1, 0.15) is 5.75 Å². The quantitative estimate of drug-likeness (QED) is 0.755. The fraction of sp³-hybridized carbons (Fsp3) is 0.462. The minimum atomic E-state index is -0.0337. The number of benzene rings is 1. The monoisotopic (exact) mass is 237 g/mol. The van der Waals surface area contributed by atoms with Crippen LogP contribution in [0.15, 0.2) is 24.3 Å². The van der Waals surface area contributed by atoms with Gasteiger partial charge in [0.2, 0.25) is 0 Å². The molecule has 0 fully saturated rings. The Morgan fingerprint density at radius 1 is 1.47 bits per heavy atom. The van der Waals surface area contributed by atoms with E-state index in [1.807, 2.05) is 31.0 Å². The van der Waals surface area contributed by atoms with E-state index in [1.54, 1.807) is 19.2 Å². The molecule has 4 nitrogen and oxygen atoms in total. The summed E-state index contributed by atoms with van der Waals surface area (Å²) in [5.41, 5.74) is 0.576. The number of methoxy groups -OCH3 is 1. The van der Waals surface area contributed by atoms with Crippen molar-refractivity contribution in [3.8, 4) is 5.75 Å². The summed E-state index contributed by atoms with van der Waals surface area (Å²) in [5, 5.41) is 9.01. The molecule has 0 bridgehead atoms. The van der Waals surface area contributed by atoms with Gasteiger partial charge in [0.25, 0.3) is 0 Å². The van der Waals surface area contributed by atoms with Crippen molar-refractivity contribution >= 4 is 5.78 Å². The molecule has 4 heteroatoms. The molecule has 0 saturated carbocycles. The number of para-hydroxylation sites is 1. The van der Waals surface area contributed by atoms with Crippen LogP contribution in [-0.4, -0.2) is 49.1 Å². The molecule has 0 aliphatic rings. The van der Waals surface area contributed by atoms with Crippen LogP contribution in [-0.2, 0) is 0 Å². The number of nitrogens with zero attached hydrogens (tertiary/aromatic N) is 1. The number of aliphatic hydroxyl groups excluding tert-OH is 1. The van der Waals surface area contributed by atoms with Crippen LogP contribution in [0.5, 0.6) is 5.75 Å². The molecule has 1 aromatic rings. The van der Waals surface area contributed by atoms with Crippen molar-refractivity contribution in [2.75, 3.05) is 27.3 Å². The van der Waals surface area contributed by atoms with Crippen LogP contribution in [0.1, 0.15) is 17.3 Å². The predicted molar refractivity (Wildman–Crippen MR) is 66.5 cm³/mol. The van der Waals surface area contributed by atoms with Crippen molar-refractivity contribution in [3.63, 3.8) is 0 Å². The summed E-state index contributed by atoms with van der Waals surface area (Å²) < 4.78 is 5.15. The Kier molecular flexibility index (Phi) is 5.12.